The molecule has 1 atom stereocenters. The van der Waals surface area contributed by atoms with Crippen molar-refractivity contribution < 1.29 is 4.79 Å². The summed E-state index contributed by atoms with van der Waals surface area (Å²) in [5.41, 5.74) is 1.36. The largest absolute Gasteiger partial charge is 0.368 e. The lowest BCUT2D eigenvalue weighted by molar-refractivity contribution is 0.0934. The number of benzene rings is 1. The van der Waals surface area contributed by atoms with Crippen molar-refractivity contribution in [1.82, 2.24) is 20.2 Å². The van der Waals surface area contributed by atoms with E-state index < -0.39 is 0 Å². The van der Waals surface area contributed by atoms with Crippen LogP contribution in [0.5, 0.6) is 0 Å². The summed E-state index contributed by atoms with van der Waals surface area (Å²) in [5.74, 6) is 0.438. The van der Waals surface area contributed by atoms with Crippen LogP contribution in [0.15, 0.2) is 42.7 Å². The molecule has 0 fully saturated rings. The van der Waals surface area contributed by atoms with Gasteiger partial charge in [0, 0.05) is 13.1 Å². The second-order valence-corrected chi connectivity index (χ2v) is 5.62. The molecule has 2 N–H and O–H groups in total. The molecular weight excluding hydrogens is 290 g/mol. The number of carbonyl (C=O) groups is 1. The molecule has 1 aromatic heterocycles. The Morgan fingerprint density at radius 1 is 1.17 bits per heavy atom. The topological polar surface area (TPSA) is 70.2 Å². The number of amides is 1. The van der Waals surface area contributed by atoms with E-state index in [0.717, 1.165) is 18.7 Å². The first-order valence-corrected chi connectivity index (χ1v) is 7.62. The van der Waals surface area contributed by atoms with E-state index in [4.69, 9.17) is 0 Å². The predicted molar refractivity (Wildman–Crippen MR) is 91.4 cm³/mol. The van der Waals surface area contributed by atoms with Gasteiger partial charge in [-0.1, -0.05) is 30.3 Å². The highest BCUT2D eigenvalue weighted by Gasteiger charge is 2.12. The first-order valence-electron chi connectivity index (χ1n) is 7.62. The van der Waals surface area contributed by atoms with Gasteiger partial charge in [-0.3, -0.25) is 4.79 Å². The lowest BCUT2D eigenvalue weighted by Crippen LogP contribution is -2.27. The Labute approximate surface area is 137 Å². The zero-order chi connectivity index (χ0) is 16.7. The first-order chi connectivity index (χ1) is 11.1. The van der Waals surface area contributed by atoms with E-state index in [-0.39, 0.29) is 11.9 Å². The summed E-state index contributed by atoms with van der Waals surface area (Å²) >= 11 is 0. The van der Waals surface area contributed by atoms with E-state index in [1.165, 1.54) is 6.20 Å². The van der Waals surface area contributed by atoms with E-state index in [1.54, 1.807) is 6.20 Å². The first kappa shape index (κ1) is 16.9. The highest BCUT2D eigenvalue weighted by molar-refractivity contribution is 5.92. The predicted octanol–water partition coefficient (Wildman–Crippen LogP) is 1.94. The maximum atomic E-state index is 12.2. The highest BCUT2D eigenvalue weighted by Crippen LogP contribution is 2.12. The molecule has 23 heavy (non-hydrogen) atoms. The van der Waals surface area contributed by atoms with Gasteiger partial charge in [0.1, 0.15) is 11.5 Å². The Bertz CT molecular complexity index is 613. The molecule has 2 aromatic rings. The molecule has 0 radical (unpaired) electrons. The SMILES string of the molecule is CC(NC(=O)c1cnc(NCCN(C)C)cn1)c1ccccc1. The average Bonchev–Trinajstić information content (AvgIpc) is 2.56. The third kappa shape index (κ3) is 5.34. The summed E-state index contributed by atoms with van der Waals surface area (Å²) in [6, 6.07) is 9.73. The van der Waals surface area contributed by atoms with Gasteiger partial charge >= 0.3 is 0 Å². The van der Waals surface area contributed by atoms with Gasteiger partial charge in [-0.05, 0) is 26.6 Å². The van der Waals surface area contributed by atoms with Crippen LogP contribution in [-0.4, -0.2) is 48.0 Å². The minimum absolute atomic E-state index is 0.0802. The van der Waals surface area contributed by atoms with Gasteiger partial charge in [-0.15, -0.1) is 0 Å². The zero-order valence-electron chi connectivity index (χ0n) is 13.8. The molecule has 1 heterocycles. The van der Waals surface area contributed by atoms with Crippen LogP contribution < -0.4 is 10.6 Å². The van der Waals surface area contributed by atoms with Crippen molar-refractivity contribution in [3.8, 4) is 0 Å². The molecule has 0 saturated heterocycles. The number of hydrogen-bond acceptors (Lipinski definition) is 5. The van der Waals surface area contributed by atoms with Gasteiger partial charge in [-0.2, -0.15) is 0 Å². The van der Waals surface area contributed by atoms with Crippen molar-refractivity contribution in [2.45, 2.75) is 13.0 Å². The van der Waals surface area contributed by atoms with Crippen LogP contribution in [0.1, 0.15) is 29.0 Å². The van der Waals surface area contributed by atoms with Gasteiger partial charge in [0.15, 0.2) is 0 Å². The zero-order valence-corrected chi connectivity index (χ0v) is 13.8. The fraction of sp³-hybridized carbons (Fsp3) is 0.353. The number of aromatic nitrogens is 2. The third-order valence-electron chi connectivity index (χ3n) is 3.40. The Hall–Kier alpha value is -2.47. The van der Waals surface area contributed by atoms with Gasteiger partial charge in [-0.25, -0.2) is 9.97 Å². The van der Waals surface area contributed by atoms with Gasteiger partial charge < -0.3 is 15.5 Å². The third-order valence-corrected chi connectivity index (χ3v) is 3.40. The van der Waals surface area contributed by atoms with Crippen molar-refractivity contribution >= 4 is 11.7 Å². The molecule has 0 aliphatic carbocycles. The molecule has 1 unspecified atom stereocenters. The maximum Gasteiger partial charge on any atom is 0.271 e. The van der Waals surface area contributed by atoms with Crippen LogP contribution in [-0.2, 0) is 0 Å². The quantitative estimate of drug-likeness (QED) is 0.817. The summed E-state index contributed by atoms with van der Waals surface area (Å²) < 4.78 is 0. The Balaban J connectivity index is 1.90. The molecule has 0 spiro atoms. The van der Waals surface area contributed by atoms with Crippen molar-refractivity contribution in [1.29, 1.82) is 0 Å². The minimum Gasteiger partial charge on any atom is -0.368 e. The Morgan fingerprint density at radius 3 is 2.52 bits per heavy atom. The Morgan fingerprint density at radius 2 is 1.91 bits per heavy atom. The summed E-state index contributed by atoms with van der Waals surface area (Å²) in [7, 11) is 4.02. The average molecular weight is 313 g/mol. The van der Waals surface area contributed by atoms with Crippen LogP contribution in [0.3, 0.4) is 0 Å². The smallest absolute Gasteiger partial charge is 0.271 e. The molecule has 0 aliphatic heterocycles. The number of likely N-dealkylation sites (N-methyl/N-ethyl adjacent to an activating group) is 1. The van der Waals surface area contributed by atoms with Gasteiger partial charge in [0.25, 0.3) is 5.91 Å². The van der Waals surface area contributed by atoms with Crippen molar-refractivity contribution in [3.05, 3.63) is 54.0 Å². The standard InChI is InChI=1S/C17H23N5O/c1-13(14-7-5-4-6-8-14)21-17(23)15-11-20-16(12-19-15)18-9-10-22(2)3/h4-8,11-13H,9-10H2,1-3H3,(H,18,20)(H,21,23). The van der Waals surface area contributed by atoms with E-state index in [0.29, 0.717) is 11.5 Å². The normalized spacial score (nSPS) is 12.0. The molecule has 122 valence electrons. The molecule has 0 saturated carbocycles. The van der Waals surface area contributed by atoms with Crippen LogP contribution in [0.4, 0.5) is 5.82 Å². The van der Waals surface area contributed by atoms with Gasteiger partial charge in [0.2, 0.25) is 0 Å². The van der Waals surface area contributed by atoms with Crippen LogP contribution >= 0.6 is 0 Å². The van der Waals surface area contributed by atoms with Crippen LogP contribution in [0.2, 0.25) is 0 Å². The van der Waals surface area contributed by atoms with Crippen LogP contribution in [0, 0.1) is 0 Å². The van der Waals surface area contributed by atoms with Crippen LogP contribution in [0.25, 0.3) is 0 Å². The van der Waals surface area contributed by atoms with E-state index in [2.05, 4.69) is 25.5 Å². The summed E-state index contributed by atoms with van der Waals surface area (Å²) in [5, 5.41) is 6.08. The molecule has 1 aromatic carbocycles. The van der Waals surface area contributed by atoms with E-state index in [1.807, 2.05) is 51.4 Å². The van der Waals surface area contributed by atoms with Gasteiger partial charge in [0.05, 0.1) is 18.4 Å². The lowest BCUT2D eigenvalue weighted by atomic mass is 10.1. The highest BCUT2D eigenvalue weighted by atomic mass is 16.1. The number of nitrogens with zero attached hydrogens (tertiary/aromatic N) is 3. The fourth-order valence-electron chi connectivity index (χ4n) is 2.04. The number of anilines is 1. The maximum absolute atomic E-state index is 12.2. The fourth-order valence-corrected chi connectivity index (χ4v) is 2.04. The number of hydrogen-bond donors (Lipinski definition) is 2. The lowest BCUT2D eigenvalue weighted by Gasteiger charge is -2.14. The minimum atomic E-state index is -0.228. The van der Waals surface area contributed by atoms with Crippen molar-refractivity contribution in [2.24, 2.45) is 0 Å². The molecule has 2 rings (SSSR count). The Kier molecular flexibility index (Phi) is 6.05. The van der Waals surface area contributed by atoms with E-state index >= 15 is 0 Å². The number of rotatable bonds is 7. The van der Waals surface area contributed by atoms with E-state index in [9.17, 15) is 4.79 Å². The van der Waals surface area contributed by atoms with Crippen molar-refractivity contribution in [2.75, 3.05) is 32.5 Å². The molecular formula is C17H23N5O. The molecule has 6 heteroatoms. The molecule has 0 bridgehead atoms. The molecule has 6 nitrogen and oxygen atoms in total. The van der Waals surface area contributed by atoms with Crippen molar-refractivity contribution in [3.63, 3.8) is 0 Å². The number of nitrogens with one attached hydrogen (secondary N) is 2. The summed E-state index contributed by atoms with van der Waals surface area (Å²) in [6.45, 7) is 3.62. The second kappa shape index (κ2) is 8.24. The number of carbonyl (C=O) groups excluding carboxylic acids is 1. The molecule has 1 amide bonds. The summed E-state index contributed by atoms with van der Waals surface area (Å²) in [4.78, 5) is 22.7. The molecule has 0 aliphatic rings. The summed E-state index contributed by atoms with van der Waals surface area (Å²) in [6.07, 6.45) is 3.07. The monoisotopic (exact) mass is 313 g/mol. The second-order valence-electron chi connectivity index (χ2n) is 5.62.